The number of carbonyl (C=O) groups is 1. The first kappa shape index (κ1) is 22.3. The Kier molecular flexibility index (Phi) is 5.87. The van der Waals surface area contributed by atoms with Gasteiger partial charge >= 0.3 is 0 Å². The van der Waals surface area contributed by atoms with E-state index in [9.17, 15) is 4.79 Å². The van der Waals surface area contributed by atoms with Gasteiger partial charge in [0.15, 0.2) is 0 Å². The topological polar surface area (TPSA) is 36.0 Å². The smallest absolute Gasteiger partial charge is 0.248 e. The van der Waals surface area contributed by atoms with E-state index in [1.165, 1.54) is 12.1 Å². The summed E-state index contributed by atoms with van der Waals surface area (Å²) >= 11 is 0. The van der Waals surface area contributed by atoms with E-state index in [-0.39, 0.29) is 30.2 Å². The predicted octanol–water partition coefficient (Wildman–Crippen LogP) is 4.05. The summed E-state index contributed by atoms with van der Waals surface area (Å²) in [6.07, 6.45) is 3.70. The van der Waals surface area contributed by atoms with Crippen molar-refractivity contribution in [1.29, 1.82) is 0 Å². The summed E-state index contributed by atoms with van der Waals surface area (Å²) in [7, 11) is 3.87. The van der Waals surface area contributed by atoms with Crippen LogP contribution in [0, 0.1) is 11.6 Å². The number of hydrogen-bond acceptors (Lipinski definition) is 4. The van der Waals surface area contributed by atoms with E-state index < -0.39 is 11.6 Å². The van der Waals surface area contributed by atoms with Crippen LogP contribution in [0.2, 0.25) is 0 Å². The molecule has 0 aromatic heterocycles. The lowest BCUT2D eigenvalue weighted by molar-refractivity contribution is -0.172. The maximum absolute atomic E-state index is 15.0. The van der Waals surface area contributed by atoms with Gasteiger partial charge in [0.2, 0.25) is 5.91 Å². The maximum atomic E-state index is 15.0. The van der Waals surface area contributed by atoms with E-state index in [0.717, 1.165) is 36.9 Å². The third-order valence-electron chi connectivity index (χ3n) is 7.25. The number of halogens is 2. The Bertz CT molecular complexity index is 1020. The highest BCUT2D eigenvalue weighted by Gasteiger charge is 2.46. The highest BCUT2D eigenvalue weighted by molar-refractivity contribution is 5.79. The monoisotopic (exact) mass is 455 g/mol. The van der Waals surface area contributed by atoms with E-state index in [1.807, 2.05) is 48.2 Å². The van der Waals surface area contributed by atoms with Crippen molar-refractivity contribution >= 4 is 11.6 Å². The van der Waals surface area contributed by atoms with Crippen LogP contribution in [0.15, 0.2) is 36.4 Å². The number of rotatable bonds is 5. The van der Waals surface area contributed by atoms with Crippen LogP contribution in [-0.4, -0.2) is 67.7 Å². The Morgan fingerprint density at radius 2 is 1.76 bits per heavy atom. The minimum atomic E-state index is -0.514. The summed E-state index contributed by atoms with van der Waals surface area (Å²) in [5.41, 5.74) is 2.10. The zero-order chi connectivity index (χ0) is 23.2. The van der Waals surface area contributed by atoms with E-state index in [1.54, 1.807) is 0 Å². The molecule has 2 aromatic rings. The van der Waals surface area contributed by atoms with Gasteiger partial charge < -0.3 is 14.5 Å². The number of ether oxygens (including phenoxy) is 1. The summed E-state index contributed by atoms with van der Waals surface area (Å²) < 4.78 is 36.0. The molecule has 2 saturated heterocycles. The molecule has 1 saturated carbocycles. The molecule has 0 unspecified atom stereocenters. The molecular formula is C26H31F2N3O2. The normalized spacial score (nSPS) is 21.0. The van der Waals surface area contributed by atoms with Crippen LogP contribution in [0.5, 0.6) is 0 Å². The van der Waals surface area contributed by atoms with Crippen LogP contribution in [0.3, 0.4) is 0 Å². The molecule has 1 spiro atoms. The second-order valence-corrected chi connectivity index (χ2v) is 9.86. The lowest BCUT2D eigenvalue weighted by Crippen LogP contribution is -2.59. The lowest BCUT2D eigenvalue weighted by atomic mass is 9.89. The average Bonchev–Trinajstić information content (AvgIpc) is 3.65. The van der Waals surface area contributed by atoms with Crippen molar-refractivity contribution in [1.82, 2.24) is 9.80 Å². The highest BCUT2D eigenvalue weighted by Crippen LogP contribution is 2.37. The highest BCUT2D eigenvalue weighted by atomic mass is 19.1. The van der Waals surface area contributed by atoms with Gasteiger partial charge in [-0.15, -0.1) is 0 Å². The number of morpholine rings is 1. The molecule has 0 radical (unpaired) electrons. The maximum Gasteiger partial charge on any atom is 0.248 e. The second-order valence-electron chi connectivity index (χ2n) is 9.86. The standard InChI is InChI=1S/C26H31F2N3O2/c1-29(2)21-5-3-4-18(12-21)19-13-23(27)22(24(28)14-19)15-30-10-8-26(9-11-30)17-31(20-6-7-20)25(32)16-33-26/h3-5,12-14,20H,6-11,15-17H2,1-2H3. The number of benzene rings is 2. The van der Waals surface area contributed by atoms with Crippen LogP contribution in [0.25, 0.3) is 11.1 Å². The number of amides is 1. The van der Waals surface area contributed by atoms with Gasteiger partial charge in [0.25, 0.3) is 0 Å². The Balaban J connectivity index is 1.26. The molecule has 176 valence electrons. The molecule has 5 nitrogen and oxygen atoms in total. The zero-order valence-electron chi connectivity index (χ0n) is 19.3. The largest absolute Gasteiger partial charge is 0.378 e. The van der Waals surface area contributed by atoms with Crippen LogP contribution < -0.4 is 4.90 Å². The summed E-state index contributed by atoms with van der Waals surface area (Å²) in [5, 5.41) is 0. The van der Waals surface area contributed by atoms with Gasteiger partial charge in [0.05, 0.1) is 12.1 Å². The minimum absolute atomic E-state index is 0.0888. The Hall–Kier alpha value is -2.51. The molecule has 2 heterocycles. The molecule has 0 bridgehead atoms. The van der Waals surface area contributed by atoms with Gasteiger partial charge in [-0.25, -0.2) is 8.78 Å². The van der Waals surface area contributed by atoms with Crippen molar-refractivity contribution in [2.75, 3.05) is 45.2 Å². The number of piperidine rings is 1. The number of anilines is 1. The SMILES string of the molecule is CN(C)c1cccc(-c2cc(F)c(CN3CCC4(CC3)CN(C3CC3)C(=O)CO4)c(F)c2)c1. The van der Waals surface area contributed by atoms with E-state index in [4.69, 9.17) is 4.74 Å². The van der Waals surface area contributed by atoms with Gasteiger partial charge in [-0.2, -0.15) is 0 Å². The first-order valence-corrected chi connectivity index (χ1v) is 11.7. The third kappa shape index (κ3) is 4.62. The quantitative estimate of drug-likeness (QED) is 0.682. The molecule has 2 aromatic carbocycles. The van der Waals surface area contributed by atoms with Gasteiger partial charge in [0.1, 0.15) is 18.2 Å². The first-order valence-electron chi connectivity index (χ1n) is 11.7. The van der Waals surface area contributed by atoms with Crippen molar-refractivity contribution in [3.63, 3.8) is 0 Å². The molecule has 0 N–H and O–H groups in total. The van der Waals surface area contributed by atoms with Gasteiger partial charge in [-0.05, 0) is 61.1 Å². The number of nitrogens with zero attached hydrogens (tertiary/aromatic N) is 3. The lowest BCUT2D eigenvalue weighted by Gasteiger charge is -2.47. The zero-order valence-corrected chi connectivity index (χ0v) is 19.3. The van der Waals surface area contributed by atoms with Crippen molar-refractivity contribution in [3.8, 4) is 11.1 Å². The van der Waals surface area contributed by atoms with Gasteiger partial charge in [-0.3, -0.25) is 9.69 Å². The summed E-state index contributed by atoms with van der Waals surface area (Å²) in [6, 6.07) is 10.9. The molecule has 2 aliphatic heterocycles. The summed E-state index contributed by atoms with van der Waals surface area (Å²) in [4.78, 5) is 18.2. The van der Waals surface area contributed by atoms with Crippen LogP contribution in [0.4, 0.5) is 14.5 Å². The predicted molar refractivity (Wildman–Crippen MR) is 124 cm³/mol. The molecule has 3 fully saturated rings. The fraction of sp³-hybridized carbons (Fsp3) is 0.500. The molecule has 7 heteroatoms. The Labute approximate surface area is 193 Å². The van der Waals surface area contributed by atoms with E-state index in [0.29, 0.717) is 31.2 Å². The van der Waals surface area contributed by atoms with Gasteiger partial charge in [-0.1, -0.05) is 12.1 Å². The molecule has 0 atom stereocenters. The van der Waals surface area contributed by atoms with E-state index >= 15 is 8.78 Å². The fourth-order valence-electron chi connectivity index (χ4n) is 4.99. The van der Waals surface area contributed by atoms with Crippen molar-refractivity contribution < 1.29 is 18.3 Å². The second kappa shape index (κ2) is 8.69. The average molecular weight is 456 g/mol. The summed E-state index contributed by atoms with van der Waals surface area (Å²) in [6.45, 7) is 2.41. The summed E-state index contributed by atoms with van der Waals surface area (Å²) in [5.74, 6) is -0.939. The number of carbonyl (C=O) groups excluding carboxylic acids is 1. The molecule has 3 aliphatic rings. The van der Waals surface area contributed by atoms with Crippen molar-refractivity contribution in [2.24, 2.45) is 0 Å². The minimum Gasteiger partial charge on any atom is -0.378 e. The van der Waals surface area contributed by atoms with Crippen LogP contribution in [-0.2, 0) is 16.1 Å². The van der Waals surface area contributed by atoms with Crippen molar-refractivity contribution in [3.05, 3.63) is 53.6 Å². The molecule has 1 aliphatic carbocycles. The Morgan fingerprint density at radius 3 is 2.39 bits per heavy atom. The van der Waals surface area contributed by atoms with Crippen LogP contribution in [0.1, 0.15) is 31.2 Å². The van der Waals surface area contributed by atoms with Crippen molar-refractivity contribution in [2.45, 2.75) is 43.9 Å². The molecular weight excluding hydrogens is 424 g/mol. The number of likely N-dealkylation sites (tertiary alicyclic amines) is 1. The van der Waals surface area contributed by atoms with Gasteiger partial charge in [0, 0.05) is 51.0 Å². The third-order valence-corrected chi connectivity index (χ3v) is 7.25. The molecule has 1 amide bonds. The fourth-order valence-corrected chi connectivity index (χ4v) is 4.99. The first-order chi connectivity index (χ1) is 15.8. The van der Waals surface area contributed by atoms with Crippen LogP contribution >= 0.6 is 0 Å². The number of hydrogen-bond donors (Lipinski definition) is 0. The molecule has 5 rings (SSSR count). The van der Waals surface area contributed by atoms with E-state index in [2.05, 4.69) is 4.90 Å². The Morgan fingerprint density at radius 1 is 1.06 bits per heavy atom. The molecule has 33 heavy (non-hydrogen) atoms.